The van der Waals surface area contributed by atoms with Crippen molar-refractivity contribution in [3.63, 3.8) is 0 Å². The summed E-state index contributed by atoms with van der Waals surface area (Å²) in [5.41, 5.74) is 1.33. The van der Waals surface area contributed by atoms with Crippen LogP contribution in [0.3, 0.4) is 0 Å². The van der Waals surface area contributed by atoms with Gasteiger partial charge in [0.05, 0.1) is 11.2 Å². The van der Waals surface area contributed by atoms with Crippen LogP contribution in [0.4, 0.5) is 0 Å². The lowest BCUT2D eigenvalue weighted by Crippen LogP contribution is -2.08. The van der Waals surface area contributed by atoms with Crippen molar-refractivity contribution in [3.05, 3.63) is 30.1 Å². The molecule has 2 heterocycles. The summed E-state index contributed by atoms with van der Waals surface area (Å²) in [6.45, 7) is 3.22. The predicted octanol–water partition coefficient (Wildman–Crippen LogP) is 0.900. The van der Waals surface area contributed by atoms with Crippen LogP contribution in [0.25, 0.3) is 0 Å². The lowest BCUT2D eigenvalue weighted by atomic mass is 10.1. The largest absolute Gasteiger partial charge is 0.303 e. The first-order valence-corrected chi connectivity index (χ1v) is 3.48. The van der Waals surface area contributed by atoms with Gasteiger partial charge >= 0.3 is 0 Å². The van der Waals surface area contributed by atoms with E-state index in [1.807, 2.05) is 18.3 Å². The van der Waals surface area contributed by atoms with E-state index >= 15 is 0 Å². The summed E-state index contributed by atoms with van der Waals surface area (Å²) < 4.78 is 0. The van der Waals surface area contributed by atoms with Crippen LogP contribution >= 0.6 is 0 Å². The summed E-state index contributed by atoms with van der Waals surface area (Å²) >= 11 is 0. The van der Waals surface area contributed by atoms with Gasteiger partial charge in [-0.2, -0.15) is 0 Å². The molecule has 1 fully saturated rings. The first-order valence-electron chi connectivity index (χ1n) is 3.48. The molecule has 0 spiro atoms. The molecule has 1 aliphatic heterocycles. The molecule has 1 saturated heterocycles. The van der Waals surface area contributed by atoms with Crippen molar-refractivity contribution < 1.29 is 0 Å². The molecule has 1 aromatic heterocycles. The number of hydrogen-bond acceptors (Lipinski definition) is 2. The van der Waals surface area contributed by atoms with Crippen LogP contribution in [0, 0.1) is 0 Å². The molecule has 0 amide bonds. The summed E-state index contributed by atoms with van der Waals surface area (Å²) in [6, 6.07) is 6.02. The number of nitrogens with zero attached hydrogens (tertiary/aromatic N) is 1. The van der Waals surface area contributed by atoms with Crippen LogP contribution < -0.4 is 5.32 Å². The Hall–Kier alpha value is -0.890. The fourth-order valence-electron chi connectivity index (χ4n) is 1.00. The predicted molar refractivity (Wildman–Crippen MR) is 39.6 cm³/mol. The second-order valence-electron chi connectivity index (χ2n) is 2.90. The lowest BCUT2D eigenvalue weighted by Gasteiger charge is -2.03. The van der Waals surface area contributed by atoms with Gasteiger partial charge in [0.25, 0.3) is 0 Å². The topological polar surface area (TPSA) is 34.8 Å². The van der Waals surface area contributed by atoms with Crippen molar-refractivity contribution in [1.82, 2.24) is 10.3 Å². The summed E-state index contributed by atoms with van der Waals surface area (Å²) in [5, 5.41) is 3.26. The first kappa shape index (κ1) is 5.86. The number of pyridine rings is 1. The first-order chi connectivity index (χ1) is 4.81. The molecule has 1 aromatic rings. The van der Waals surface area contributed by atoms with E-state index in [2.05, 4.69) is 23.3 Å². The van der Waals surface area contributed by atoms with E-state index in [4.69, 9.17) is 0 Å². The van der Waals surface area contributed by atoms with Crippen molar-refractivity contribution in [3.8, 4) is 0 Å². The van der Waals surface area contributed by atoms with E-state index in [1.165, 1.54) is 0 Å². The smallest absolute Gasteiger partial charge is 0.0707 e. The second-order valence-corrected chi connectivity index (χ2v) is 2.90. The minimum absolute atomic E-state index is 0.182. The monoisotopic (exact) mass is 134 g/mol. The van der Waals surface area contributed by atoms with Gasteiger partial charge in [0.15, 0.2) is 0 Å². The maximum Gasteiger partial charge on any atom is 0.0707 e. The Morgan fingerprint density at radius 3 is 2.90 bits per heavy atom. The van der Waals surface area contributed by atoms with Gasteiger partial charge < -0.3 is 5.32 Å². The molecular weight excluding hydrogens is 124 g/mol. The fraction of sp³-hybridized carbons (Fsp3) is 0.375. The van der Waals surface area contributed by atoms with Gasteiger partial charge in [0.2, 0.25) is 0 Å². The fourth-order valence-corrected chi connectivity index (χ4v) is 1.00. The number of rotatable bonds is 1. The average Bonchev–Trinajstić information content (AvgIpc) is 2.72. The van der Waals surface area contributed by atoms with Crippen molar-refractivity contribution in [2.45, 2.75) is 12.5 Å². The van der Waals surface area contributed by atoms with E-state index in [9.17, 15) is 0 Å². The summed E-state index contributed by atoms with van der Waals surface area (Å²) in [5.74, 6) is 0. The molecule has 0 bridgehead atoms. The molecule has 0 saturated carbocycles. The SMILES string of the molecule is CC1(c2ccccn2)CN1. The Kier molecular flexibility index (Phi) is 1.05. The lowest BCUT2D eigenvalue weighted by molar-refractivity contribution is 0.729. The van der Waals surface area contributed by atoms with E-state index < -0.39 is 0 Å². The van der Waals surface area contributed by atoms with Gasteiger partial charge in [-0.15, -0.1) is 0 Å². The molecule has 1 atom stereocenters. The van der Waals surface area contributed by atoms with Crippen LogP contribution in [-0.4, -0.2) is 11.5 Å². The zero-order valence-electron chi connectivity index (χ0n) is 5.96. The van der Waals surface area contributed by atoms with Crippen LogP contribution in [0.1, 0.15) is 12.6 Å². The van der Waals surface area contributed by atoms with Gasteiger partial charge in [0, 0.05) is 12.7 Å². The van der Waals surface area contributed by atoms with Crippen LogP contribution in [0.15, 0.2) is 24.4 Å². The van der Waals surface area contributed by atoms with Gasteiger partial charge in [-0.1, -0.05) is 6.07 Å². The van der Waals surface area contributed by atoms with Gasteiger partial charge in [-0.3, -0.25) is 4.98 Å². The molecule has 1 aliphatic rings. The summed E-state index contributed by atoms with van der Waals surface area (Å²) in [6.07, 6.45) is 1.83. The number of aromatic nitrogens is 1. The van der Waals surface area contributed by atoms with Crippen molar-refractivity contribution >= 4 is 0 Å². The third kappa shape index (κ3) is 0.809. The summed E-state index contributed by atoms with van der Waals surface area (Å²) in [4.78, 5) is 4.25. The zero-order chi connectivity index (χ0) is 7.03. The highest BCUT2D eigenvalue weighted by atomic mass is 15.2. The van der Waals surface area contributed by atoms with E-state index in [1.54, 1.807) is 0 Å². The van der Waals surface area contributed by atoms with Crippen molar-refractivity contribution in [1.29, 1.82) is 0 Å². The average molecular weight is 134 g/mol. The molecule has 2 nitrogen and oxygen atoms in total. The van der Waals surface area contributed by atoms with Crippen LogP contribution in [0.2, 0.25) is 0 Å². The Morgan fingerprint density at radius 1 is 1.60 bits per heavy atom. The molecule has 0 aliphatic carbocycles. The summed E-state index contributed by atoms with van der Waals surface area (Å²) in [7, 11) is 0. The van der Waals surface area contributed by atoms with Gasteiger partial charge in [0.1, 0.15) is 0 Å². The zero-order valence-corrected chi connectivity index (χ0v) is 5.96. The molecular formula is C8H10N2. The molecule has 10 heavy (non-hydrogen) atoms. The normalized spacial score (nSPS) is 30.1. The maximum absolute atomic E-state index is 4.25. The van der Waals surface area contributed by atoms with Crippen molar-refractivity contribution in [2.75, 3.05) is 6.54 Å². The maximum atomic E-state index is 4.25. The van der Waals surface area contributed by atoms with E-state index in [0.717, 1.165) is 12.2 Å². The van der Waals surface area contributed by atoms with Gasteiger partial charge in [-0.25, -0.2) is 0 Å². The molecule has 1 N–H and O–H groups in total. The molecule has 2 rings (SSSR count). The Morgan fingerprint density at radius 2 is 2.40 bits per heavy atom. The molecule has 1 unspecified atom stereocenters. The highest BCUT2D eigenvalue weighted by molar-refractivity contribution is 5.21. The Balaban J connectivity index is 2.35. The third-order valence-electron chi connectivity index (χ3n) is 1.94. The van der Waals surface area contributed by atoms with Gasteiger partial charge in [-0.05, 0) is 19.1 Å². The molecule has 0 radical (unpaired) electrons. The second kappa shape index (κ2) is 1.80. The Labute approximate surface area is 60.3 Å². The Bertz CT molecular complexity index is 226. The molecule has 0 aromatic carbocycles. The third-order valence-corrected chi connectivity index (χ3v) is 1.94. The minimum atomic E-state index is 0.182. The van der Waals surface area contributed by atoms with E-state index in [-0.39, 0.29) is 5.54 Å². The quantitative estimate of drug-likeness (QED) is 0.579. The van der Waals surface area contributed by atoms with Crippen molar-refractivity contribution in [2.24, 2.45) is 0 Å². The highest BCUT2D eigenvalue weighted by Gasteiger charge is 2.39. The van der Waals surface area contributed by atoms with E-state index in [0.29, 0.717) is 0 Å². The van der Waals surface area contributed by atoms with Crippen LogP contribution in [0.5, 0.6) is 0 Å². The van der Waals surface area contributed by atoms with Crippen LogP contribution in [-0.2, 0) is 5.54 Å². The molecule has 2 heteroatoms. The highest BCUT2D eigenvalue weighted by Crippen LogP contribution is 2.27. The number of nitrogens with one attached hydrogen (secondary N) is 1. The number of hydrogen-bond donors (Lipinski definition) is 1. The standard InChI is InChI=1S/C8H10N2/c1-8(6-10-8)7-4-2-3-5-9-7/h2-5,10H,6H2,1H3. The molecule has 52 valence electrons. The minimum Gasteiger partial charge on any atom is -0.303 e.